The number of anilines is 1. The maximum Gasteiger partial charge on any atom is 0.228 e. The fourth-order valence-corrected chi connectivity index (χ4v) is 5.04. The molecule has 0 spiro atoms. The molecule has 180 valence electrons. The smallest absolute Gasteiger partial charge is 0.228 e. The highest BCUT2D eigenvalue weighted by atomic mass is 19.1. The Bertz CT molecular complexity index is 1310. The molecule has 0 bridgehead atoms. The minimum absolute atomic E-state index is 0.0675. The monoisotopic (exact) mass is 470 g/mol. The molecule has 0 radical (unpaired) electrons. The van der Waals surface area contributed by atoms with Gasteiger partial charge in [-0.15, -0.1) is 0 Å². The number of piperidine rings is 1. The third kappa shape index (κ3) is 5.13. The van der Waals surface area contributed by atoms with Crippen LogP contribution in [0, 0.1) is 11.7 Å². The minimum Gasteiger partial charge on any atom is -0.326 e. The van der Waals surface area contributed by atoms with Gasteiger partial charge in [-0.2, -0.15) is 0 Å². The number of carbonyl (C=O) groups is 1. The zero-order valence-electron chi connectivity index (χ0n) is 20.1. The lowest BCUT2D eigenvalue weighted by molar-refractivity contribution is -0.121. The normalized spacial score (nSPS) is 16.5. The third-order valence-electron chi connectivity index (χ3n) is 6.75. The van der Waals surface area contributed by atoms with E-state index in [4.69, 9.17) is 4.98 Å². The predicted octanol–water partition coefficient (Wildman–Crippen LogP) is 5.97. The number of benzene rings is 3. The summed E-state index contributed by atoms with van der Waals surface area (Å²) in [5.74, 6) is 0.657. The summed E-state index contributed by atoms with van der Waals surface area (Å²) < 4.78 is 15.7. The molecule has 5 nitrogen and oxygen atoms in total. The molecular weight excluding hydrogens is 439 g/mol. The first-order chi connectivity index (χ1) is 17.1. The highest BCUT2D eigenvalue weighted by molar-refractivity contribution is 5.93. The van der Waals surface area contributed by atoms with E-state index in [1.807, 2.05) is 42.5 Å². The molecule has 1 atom stereocenters. The topological polar surface area (TPSA) is 50.2 Å². The number of para-hydroxylation sites is 3. The standard InChI is InChI=1S/C29H31FN4O/c1-2-8-21-9-3-4-11-25(21)32-29(35)22-10-7-18-33(19-22)20-28-31-26-12-5-6-13-27(26)34(28)24-16-14-23(30)15-17-24/h3-6,9,11-17,22H,2,7-8,10,18-20H2,1H3,(H,32,35)/t22-/m1/s1. The maximum atomic E-state index is 13.6. The number of amides is 1. The second kappa shape index (κ2) is 10.4. The molecule has 6 heteroatoms. The van der Waals surface area contributed by atoms with Gasteiger partial charge in [0.15, 0.2) is 0 Å². The zero-order valence-corrected chi connectivity index (χ0v) is 20.1. The second-order valence-corrected chi connectivity index (χ2v) is 9.30. The lowest BCUT2D eigenvalue weighted by atomic mass is 9.96. The third-order valence-corrected chi connectivity index (χ3v) is 6.75. The van der Waals surface area contributed by atoms with Crippen LogP contribution in [0.3, 0.4) is 0 Å². The van der Waals surface area contributed by atoms with Crippen molar-refractivity contribution in [2.75, 3.05) is 18.4 Å². The largest absolute Gasteiger partial charge is 0.326 e. The Balaban J connectivity index is 1.35. The average Bonchev–Trinajstić information content (AvgIpc) is 3.24. The van der Waals surface area contributed by atoms with E-state index in [9.17, 15) is 9.18 Å². The number of halogens is 1. The fraction of sp³-hybridized carbons (Fsp3) is 0.310. The summed E-state index contributed by atoms with van der Waals surface area (Å²) in [4.78, 5) is 20.4. The summed E-state index contributed by atoms with van der Waals surface area (Å²) in [6.45, 7) is 4.39. The van der Waals surface area contributed by atoms with Crippen LogP contribution in [0.4, 0.5) is 10.1 Å². The lowest BCUT2D eigenvalue weighted by Crippen LogP contribution is -2.40. The number of nitrogens with one attached hydrogen (secondary N) is 1. The Kier molecular flexibility index (Phi) is 6.91. The van der Waals surface area contributed by atoms with Crippen molar-refractivity contribution in [2.45, 2.75) is 39.2 Å². The Hall–Kier alpha value is -3.51. The average molecular weight is 471 g/mol. The van der Waals surface area contributed by atoms with Gasteiger partial charge in [-0.25, -0.2) is 9.37 Å². The summed E-state index contributed by atoms with van der Waals surface area (Å²) in [5.41, 5.74) is 4.89. The van der Waals surface area contributed by atoms with Crippen LogP contribution in [-0.2, 0) is 17.8 Å². The highest BCUT2D eigenvalue weighted by Crippen LogP contribution is 2.26. The molecule has 1 aliphatic heterocycles. The number of imidazole rings is 1. The van der Waals surface area contributed by atoms with Crippen LogP contribution in [-0.4, -0.2) is 33.4 Å². The van der Waals surface area contributed by atoms with E-state index in [1.54, 1.807) is 12.1 Å². The minimum atomic E-state index is -0.259. The molecule has 1 fully saturated rings. The number of carbonyl (C=O) groups excluding carboxylic acids is 1. The van der Waals surface area contributed by atoms with Gasteiger partial charge in [0.1, 0.15) is 11.6 Å². The molecule has 1 N–H and O–H groups in total. The number of likely N-dealkylation sites (tertiary alicyclic amines) is 1. The first kappa shape index (κ1) is 23.2. The summed E-state index contributed by atoms with van der Waals surface area (Å²) in [7, 11) is 0. The Morgan fingerprint density at radius 2 is 1.83 bits per heavy atom. The molecule has 1 aromatic heterocycles. The molecule has 1 saturated heterocycles. The van der Waals surface area contributed by atoms with Crippen molar-refractivity contribution < 1.29 is 9.18 Å². The summed E-state index contributed by atoms with van der Waals surface area (Å²) >= 11 is 0. The number of hydrogen-bond donors (Lipinski definition) is 1. The van der Waals surface area contributed by atoms with Crippen LogP contribution in [0.5, 0.6) is 0 Å². The summed E-state index contributed by atoms with van der Waals surface area (Å²) in [6, 6.07) is 22.6. The van der Waals surface area contributed by atoms with Gasteiger partial charge in [0.25, 0.3) is 0 Å². The van der Waals surface area contributed by atoms with Crippen LogP contribution in [0.2, 0.25) is 0 Å². The van der Waals surface area contributed by atoms with Gasteiger partial charge in [0.05, 0.1) is 23.5 Å². The van der Waals surface area contributed by atoms with Crippen LogP contribution in [0.15, 0.2) is 72.8 Å². The zero-order chi connectivity index (χ0) is 24.2. The molecular formula is C29H31FN4O. The van der Waals surface area contributed by atoms with Crippen molar-refractivity contribution in [2.24, 2.45) is 5.92 Å². The lowest BCUT2D eigenvalue weighted by Gasteiger charge is -2.32. The number of nitrogens with zero attached hydrogens (tertiary/aromatic N) is 3. The van der Waals surface area contributed by atoms with Gasteiger partial charge in [0.2, 0.25) is 5.91 Å². The van der Waals surface area contributed by atoms with E-state index in [2.05, 4.69) is 27.8 Å². The Labute approximate surface area is 205 Å². The van der Waals surface area contributed by atoms with Crippen LogP contribution in [0.1, 0.15) is 37.6 Å². The molecule has 1 amide bonds. The second-order valence-electron chi connectivity index (χ2n) is 9.30. The maximum absolute atomic E-state index is 13.6. The van der Waals surface area contributed by atoms with Crippen molar-refractivity contribution in [1.29, 1.82) is 0 Å². The van der Waals surface area contributed by atoms with E-state index < -0.39 is 0 Å². The fourth-order valence-electron chi connectivity index (χ4n) is 5.04. The van der Waals surface area contributed by atoms with Gasteiger partial charge >= 0.3 is 0 Å². The predicted molar refractivity (Wildman–Crippen MR) is 138 cm³/mol. The van der Waals surface area contributed by atoms with Crippen molar-refractivity contribution in [1.82, 2.24) is 14.5 Å². The molecule has 35 heavy (non-hydrogen) atoms. The number of aromatic nitrogens is 2. The quantitative estimate of drug-likeness (QED) is 0.362. The van der Waals surface area contributed by atoms with E-state index >= 15 is 0 Å². The van der Waals surface area contributed by atoms with Gasteiger partial charge in [-0.1, -0.05) is 43.7 Å². The molecule has 0 saturated carbocycles. The number of hydrogen-bond acceptors (Lipinski definition) is 3. The van der Waals surface area contributed by atoms with Crippen molar-refractivity contribution in [3.05, 3.63) is 90.0 Å². The van der Waals surface area contributed by atoms with E-state index in [-0.39, 0.29) is 17.6 Å². The van der Waals surface area contributed by atoms with Gasteiger partial charge in [-0.05, 0) is 73.8 Å². The highest BCUT2D eigenvalue weighted by Gasteiger charge is 2.27. The van der Waals surface area contributed by atoms with Gasteiger partial charge < -0.3 is 5.32 Å². The molecule has 0 unspecified atom stereocenters. The first-order valence-electron chi connectivity index (χ1n) is 12.5. The van der Waals surface area contributed by atoms with Crippen LogP contribution in [0.25, 0.3) is 16.7 Å². The molecule has 4 aromatic rings. The van der Waals surface area contributed by atoms with Crippen LogP contribution >= 0.6 is 0 Å². The van der Waals surface area contributed by atoms with Crippen molar-refractivity contribution in [3.8, 4) is 5.69 Å². The van der Waals surface area contributed by atoms with E-state index in [0.717, 1.165) is 60.5 Å². The molecule has 1 aliphatic rings. The molecule has 3 aromatic carbocycles. The molecule has 5 rings (SSSR count). The van der Waals surface area contributed by atoms with Gasteiger partial charge in [0, 0.05) is 17.9 Å². The summed E-state index contributed by atoms with van der Waals surface area (Å²) in [6.07, 6.45) is 3.84. The van der Waals surface area contributed by atoms with E-state index in [1.165, 1.54) is 17.7 Å². The van der Waals surface area contributed by atoms with E-state index in [0.29, 0.717) is 13.1 Å². The SMILES string of the molecule is CCCc1ccccc1NC(=O)[C@@H]1CCCN(Cc2nc3ccccc3n2-c2ccc(F)cc2)C1. The van der Waals surface area contributed by atoms with Crippen LogP contribution < -0.4 is 5.32 Å². The number of rotatable bonds is 7. The molecule has 2 heterocycles. The summed E-state index contributed by atoms with van der Waals surface area (Å²) in [5, 5.41) is 3.19. The van der Waals surface area contributed by atoms with Crippen molar-refractivity contribution in [3.63, 3.8) is 0 Å². The number of aryl methyl sites for hydroxylation is 1. The Morgan fingerprint density at radius 3 is 2.66 bits per heavy atom. The number of fused-ring (bicyclic) bond motifs is 1. The molecule has 0 aliphatic carbocycles. The Morgan fingerprint density at radius 1 is 1.06 bits per heavy atom. The van der Waals surface area contributed by atoms with Crippen molar-refractivity contribution >= 4 is 22.6 Å². The first-order valence-corrected chi connectivity index (χ1v) is 12.5. The van der Waals surface area contributed by atoms with Gasteiger partial charge in [-0.3, -0.25) is 14.3 Å².